The Kier molecular flexibility index (Phi) is 2.72. The van der Waals surface area contributed by atoms with Crippen LogP contribution in [0, 0.1) is 5.82 Å². The third-order valence-corrected chi connectivity index (χ3v) is 3.08. The molecular weight excluding hydrogens is 253 g/mol. The van der Waals surface area contributed by atoms with Crippen LogP contribution in [0.2, 0.25) is 5.15 Å². The molecule has 0 saturated heterocycles. The van der Waals surface area contributed by atoms with Crippen molar-refractivity contribution in [1.29, 1.82) is 0 Å². The fraction of sp³-hybridized carbons (Fsp3) is 0.0769. The van der Waals surface area contributed by atoms with E-state index >= 15 is 0 Å². The molecule has 3 aromatic rings. The number of aromatic nitrogens is 3. The van der Waals surface area contributed by atoms with Crippen LogP contribution in [-0.4, -0.2) is 15.0 Å². The number of nitrogens with zero attached hydrogens (tertiary/aromatic N) is 2. The lowest BCUT2D eigenvalue weighted by Gasteiger charge is -2.01. The van der Waals surface area contributed by atoms with E-state index in [1.165, 1.54) is 18.5 Å². The fourth-order valence-electron chi connectivity index (χ4n) is 1.99. The molecule has 2 aromatic heterocycles. The summed E-state index contributed by atoms with van der Waals surface area (Å²) < 4.78 is 13.1. The third kappa shape index (κ3) is 1.95. The second kappa shape index (κ2) is 4.38. The van der Waals surface area contributed by atoms with E-state index in [-0.39, 0.29) is 5.82 Å². The van der Waals surface area contributed by atoms with E-state index in [0.717, 1.165) is 16.5 Å². The highest BCUT2D eigenvalue weighted by molar-refractivity contribution is 6.34. The van der Waals surface area contributed by atoms with Crippen molar-refractivity contribution in [1.82, 2.24) is 15.0 Å². The molecule has 0 saturated carbocycles. The standard InChI is InChI=1S/C13H9ClFN3/c14-12-11-9(6-16-13(11)18-7-17-12)4-8-2-1-3-10(15)5-8/h1-3,5-7H,4H2,(H,16,17,18). The monoisotopic (exact) mass is 261 g/mol. The summed E-state index contributed by atoms with van der Waals surface area (Å²) >= 11 is 6.06. The number of rotatable bonds is 2. The molecule has 0 amide bonds. The topological polar surface area (TPSA) is 41.6 Å². The normalized spacial score (nSPS) is 11.0. The highest BCUT2D eigenvalue weighted by Crippen LogP contribution is 2.25. The number of benzene rings is 1. The lowest BCUT2D eigenvalue weighted by Crippen LogP contribution is -1.89. The number of nitrogens with one attached hydrogen (secondary N) is 1. The van der Waals surface area contributed by atoms with Gasteiger partial charge in [0.25, 0.3) is 0 Å². The first-order chi connectivity index (χ1) is 8.74. The number of H-pyrrole nitrogens is 1. The summed E-state index contributed by atoms with van der Waals surface area (Å²) in [5, 5.41) is 1.20. The van der Waals surface area contributed by atoms with Gasteiger partial charge >= 0.3 is 0 Å². The highest BCUT2D eigenvalue weighted by Gasteiger charge is 2.10. The van der Waals surface area contributed by atoms with E-state index in [2.05, 4.69) is 15.0 Å². The Morgan fingerprint density at radius 3 is 3.00 bits per heavy atom. The minimum atomic E-state index is -0.241. The molecule has 1 aromatic carbocycles. The summed E-state index contributed by atoms with van der Waals surface area (Å²) in [6.07, 6.45) is 3.83. The van der Waals surface area contributed by atoms with Gasteiger partial charge in [-0.2, -0.15) is 0 Å². The van der Waals surface area contributed by atoms with Gasteiger partial charge < -0.3 is 4.98 Å². The molecule has 3 rings (SSSR count). The molecular formula is C13H9ClFN3. The maximum absolute atomic E-state index is 13.1. The molecule has 18 heavy (non-hydrogen) atoms. The Bertz CT molecular complexity index is 708. The zero-order chi connectivity index (χ0) is 12.5. The van der Waals surface area contributed by atoms with E-state index in [1.807, 2.05) is 12.3 Å². The molecule has 0 aliphatic carbocycles. The van der Waals surface area contributed by atoms with Crippen molar-refractivity contribution < 1.29 is 4.39 Å². The van der Waals surface area contributed by atoms with E-state index < -0.39 is 0 Å². The van der Waals surface area contributed by atoms with Crippen molar-refractivity contribution in [2.24, 2.45) is 0 Å². The Morgan fingerprint density at radius 2 is 2.17 bits per heavy atom. The largest absolute Gasteiger partial charge is 0.346 e. The molecule has 90 valence electrons. The first-order valence-corrected chi connectivity index (χ1v) is 5.83. The van der Waals surface area contributed by atoms with E-state index in [0.29, 0.717) is 17.2 Å². The third-order valence-electron chi connectivity index (χ3n) is 2.79. The Labute approximate surface area is 108 Å². The Balaban J connectivity index is 2.05. The van der Waals surface area contributed by atoms with Crippen molar-refractivity contribution >= 4 is 22.6 Å². The lowest BCUT2D eigenvalue weighted by atomic mass is 10.1. The van der Waals surface area contributed by atoms with Crippen LogP contribution in [-0.2, 0) is 6.42 Å². The van der Waals surface area contributed by atoms with Crippen molar-refractivity contribution in [2.75, 3.05) is 0 Å². The van der Waals surface area contributed by atoms with Gasteiger partial charge in [-0.3, -0.25) is 0 Å². The molecule has 0 spiro atoms. The van der Waals surface area contributed by atoms with Crippen LogP contribution in [0.4, 0.5) is 4.39 Å². The first kappa shape index (κ1) is 11.2. The van der Waals surface area contributed by atoms with Gasteiger partial charge in [-0.15, -0.1) is 0 Å². The number of hydrogen-bond acceptors (Lipinski definition) is 2. The minimum absolute atomic E-state index is 0.241. The molecule has 0 aliphatic rings. The maximum Gasteiger partial charge on any atom is 0.142 e. The van der Waals surface area contributed by atoms with Crippen molar-refractivity contribution in [3.05, 3.63) is 58.9 Å². The van der Waals surface area contributed by atoms with Crippen LogP contribution >= 0.6 is 11.6 Å². The summed E-state index contributed by atoms with van der Waals surface area (Å²) in [5.41, 5.74) is 2.54. The molecule has 3 nitrogen and oxygen atoms in total. The van der Waals surface area contributed by atoms with Crippen molar-refractivity contribution in [3.8, 4) is 0 Å². The van der Waals surface area contributed by atoms with Gasteiger partial charge in [-0.1, -0.05) is 23.7 Å². The van der Waals surface area contributed by atoms with E-state index in [9.17, 15) is 4.39 Å². The quantitative estimate of drug-likeness (QED) is 0.719. The van der Waals surface area contributed by atoms with E-state index in [1.54, 1.807) is 6.07 Å². The molecule has 0 aliphatic heterocycles. The summed E-state index contributed by atoms with van der Waals surface area (Å²) in [4.78, 5) is 11.1. The van der Waals surface area contributed by atoms with Gasteiger partial charge in [0.05, 0.1) is 5.39 Å². The Morgan fingerprint density at radius 1 is 1.28 bits per heavy atom. The van der Waals surface area contributed by atoms with Crippen LogP contribution in [0.15, 0.2) is 36.8 Å². The van der Waals surface area contributed by atoms with Crippen LogP contribution in [0.3, 0.4) is 0 Å². The van der Waals surface area contributed by atoms with Crippen LogP contribution in [0.1, 0.15) is 11.1 Å². The number of halogens is 2. The van der Waals surface area contributed by atoms with Gasteiger partial charge in [0.15, 0.2) is 0 Å². The summed E-state index contributed by atoms with van der Waals surface area (Å²) in [6.45, 7) is 0. The van der Waals surface area contributed by atoms with Crippen molar-refractivity contribution in [3.63, 3.8) is 0 Å². The second-order valence-electron chi connectivity index (χ2n) is 4.01. The predicted octanol–water partition coefficient (Wildman–Crippen LogP) is 3.34. The zero-order valence-corrected chi connectivity index (χ0v) is 10.1. The molecule has 0 radical (unpaired) electrons. The summed E-state index contributed by atoms with van der Waals surface area (Å²) in [6, 6.07) is 6.50. The van der Waals surface area contributed by atoms with Crippen LogP contribution in [0.25, 0.3) is 11.0 Å². The summed E-state index contributed by atoms with van der Waals surface area (Å²) in [5.74, 6) is -0.241. The molecule has 0 fully saturated rings. The molecule has 0 unspecified atom stereocenters. The molecule has 0 atom stereocenters. The maximum atomic E-state index is 13.1. The van der Waals surface area contributed by atoms with Gasteiger partial charge in [-0.25, -0.2) is 14.4 Å². The van der Waals surface area contributed by atoms with Crippen LogP contribution in [0.5, 0.6) is 0 Å². The molecule has 5 heteroatoms. The minimum Gasteiger partial charge on any atom is -0.346 e. The average molecular weight is 262 g/mol. The molecule has 2 heterocycles. The number of fused-ring (bicyclic) bond motifs is 1. The highest BCUT2D eigenvalue weighted by atomic mass is 35.5. The van der Waals surface area contributed by atoms with Crippen molar-refractivity contribution in [2.45, 2.75) is 6.42 Å². The fourth-order valence-corrected chi connectivity index (χ4v) is 2.25. The van der Waals surface area contributed by atoms with Gasteiger partial charge in [-0.05, 0) is 29.7 Å². The Hall–Kier alpha value is -1.94. The van der Waals surface area contributed by atoms with E-state index in [4.69, 9.17) is 11.6 Å². The van der Waals surface area contributed by atoms with Crippen LogP contribution < -0.4 is 0 Å². The smallest absolute Gasteiger partial charge is 0.142 e. The van der Waals surface area contributed by atoms with Gasteiger partial charge in [0.1, 0.15) is 22.9 Å². The second-order valence-corrected chi connectivity index (χ2v) is 4.37. The first-order valence-electron chi connectivity index (χ1n) is 5.45. The van der Waals surface area contributed by atoms with Gasteiger partial charge in [0, 0.05) is 6.20 Å². The lowest BCUT2D eigenvalue weighted by molar-refractivity contribution is 0.626. The SMILES string of the molecule is Fc1cccc(Cc2c[nH]c3ncnc(Cl)c23)c1. The molecule has 1 N–H and O–H groups in total. The summed E-state index contributed by atoms with van der Waals surface area (Å²) in [7, 11) is 0. The molecule has 0 bridgehead atoms. The number of aromatic amines is 1. The number of hydrogen-bond donors (Lipinski definition) is 1. The van der Waals surface area contributed by atoms with Gasteiger partial charge in [0.2, 0.25) is 0 Å². The predicted molar refractivity (Wildman–Crippen MR) is 68.1 cm³/mol. The average Bonchev–Trinajstić information content (AvgIpc) is 2.74. The zero-order valence-electron chi connectivity index (χ0n) is 9.32.